The molecule has 0 bridgehead atoms. The third-order valence-electron chi connectivity index (χ3n) is 6.38. The zero-order valence-electron chi connectivity index (χ0n) is 18.2. The summed E-state index contributed by atoms with van der Waals surface area (Å²) in [6.45, 7) is 1.56. The van der Waals surface area contributed by atoms with Crippen LogP contribution < -0.4 is 5.73 Å². The molecular weight excluding hydrogens is 448 g/mol. The number of carbonyl (C=O) groups is 1. The maximum absolute atomic E-state index is 15.3. The van der Waals surface area contributed by atoms with Crippen LogP contribution in [0.4, 0.5) is 14.7 Å². The van der Waals surface area contributed by atoms with Gasteiger partial charge in [0.05, 0.1) is 11.0 Å². The highest BCUT2D eigenvalue weighted by atomic mass is 32.2. The predicted octanol–water partition coefficient (Wildman–Crippen LogP) is 2.66. The summed E-state index contributed by atoms with van der Waals surface area (Å²) in [6, 6.07) is 4.76. The molecule has 2 N–H and O–H groups in total. The van der Waals surface area contributed by atoms with Gasteiger partial charge >= 0.3 is 0 Å². The second kappa shape index (κ2) is 8.53. The third kappa shape index (κ3) is 4.15. The lowest BCUT2D eigenvalue weighted by atomic mass is 9.92. The molecule has 4 heterocycles. The molecule has 0 atom stereocenters. The maximum Gasteiger partial charge on any atom is 0.262 e. The van der Waals surface area contributed by atoms with Crippen molar-refractivity contribution in [2.45, 2.75) is 36.3 Å². The number of carbonyl (C=O) groups excluding carboxylic acids is 1. The number of nitrogens with zero attached hydrogens (tertiary/aromatic N) is 6. The van der Waals surface area contributed by atoms with Gasteiger partial charge in [0.15, 0.2) is 5.16 Å². The van der Waals surface area contributed by atoms with Gasteiger partial charge in [0, 0.05) is 62.8 Å². The summed E-state index contributed by atoms with van der Waals surface area (Å²) in [7, 11) is 0. The van der Waals surface area contributed by atoms with Crippen LogP contribution in [0.5, 0.6) is 0 Å². The molecular formula is C22H25F2N7OS. The lowest BCUT2D eigenvalue weighted by Gasteiger charge is -2.46. The molecule has 0 aliphatic carbocycles. The van der Waals surface area contributed by atoms with Crippen LogP contribution in [0.3, 0.4) is 0 Å². The van der Waals surface area contributed by atoms with Crippen LogP contribution in [0.2, 0.25) is 0 Å². The number of aromatic nitrogens is 4. The molecule has 8 nitrogen and oxygen atoms in total. The Hall–Kier alpha value is -2.79. The van der Waals surface area contributed by atoms with E-state index in [0.29, 0.717) is 38.0 Å². The van der Waals surface area contributed by atoms with Crippen LogP contribution in [0.15, 0.2) is 35.7 Å². The summed E-state index contributed by atoms with van der Waals surface area (Å²) in [5.41, 5.74) is 5.98. The number of piperidine rings is 1. The van der Waals surface area contributed by atoms with Crippen LogP contribution >= 0.6 is 11.8 Å². The molecule has 1 aromatic carbocycles. The number of nitrogen functional groups attached to an aromatic ring is 1. The predicted molar refractivity (Wildman–Crippen MR) is 122 cm³/mol. The average molecular weight is 474 g/mol. The Bertz CT molecular complexity index is 1170. The van der Waals surface area contributed by atoms with Gasteiger partial charge in [0.25, 0.3) is 5.91 Å². The number of alkyl halides is 1. The Labute approximate surface area is 194 Å². The van der Waals surface area contributed by atoms with E-state index in [9.17, 15) is 9.18 Å². The number of amides is 1. The molecule has 0 spiro atoms. The molecule has 2 saturated heterocycles. The number of halogens is 2. The number of fused-ring (bicyclic) bond motifs is 1. The molecule has 2 aliphatic heterocycles. The van der Waals surface area contributed by atoms with Crippen molar-refractivity contribution in [2.75, 3.05) is 38.2 Å². The lowest BCUT2D eigenvalue weighted by molar-refractivity contribution is -0.158. The van der Waals surface area contributed by atoms with Crippen LogP contribution in [0.25, 0.3) is 11.0 Å². The highest BCUT2D eigenvalue weighted by Gasteiger charge is 2.52. The first kappa shape index (κ1) is 22.0. The topological polar surface area (TPSA) is 93.2 Å². The minimum absolute atomic E-state index is 0.0600. The molecule has 33 heavy (non-hydrogen) atoms. The largest absolute Gasteiger partial charge is 0.368 e. The third-order valence-corrected chi connectivity index (χ3v) is 7.03. The zero-order valence-corrected chi connectivity index (χ0v) is 19.1. The van der Waals surface area contributed by atoms with E-state index in [4.69, 9.17) is 5.73 Å². The Morgan fingerprint density at radius 1 is 1.24 bits per heavy atom. The first-order valence-electron chi connectivity index (χ1n) is 10.8. The van der Waals surface area contributed by atoms with Crippen molar-refractivity contribution in [3.8, 4) is 0 Å². The minimum atomic E-state index is -1.86. The summed E-state index contributed by atoms with van der Waals surface area (Å²) < 4.78 is 31.1. The summed E-state index contributed by atoms with van der Waals surface area (Å²) >= 11 is 1.51. The monoisotopic (exact) mass is 473 g/mol. The van der Waals surface area contributed by atoms with Crippen molar-refractivity contribution in [2.24, 2.45) is 0 Å². The van der Waals surface area contributed by atoms with E-state index in [1.807, 2.05) is 11.2 Å². The maximum atomic E-state index is 15.3. The van der Waals surface area contributed by atoms with Crippen molar-refractivity contribution >= 4 is 34.7 Å². The van der Waals surface area contributed by atoms with E-state index in [1.165, 1.54) is 23.9 Å². The number of thioether (sulfide) groups is 1. The Kier molecular flexibility index (Phi) is 5.69. The zero-order chi connectivity index (χ0) is 23.2. The van der Waals surface area contributed by atoms with E-state index in [1.54, 1.807) is 23.4 Å². The van der Waals surface area contributed by atoms with E-state index >= 15 is 4.39 Å². The molecule has 0 unspecified atom stereocenters. The summed E-state index contributed by atoms with van der Waals surface area (Å²) in [6.07, 6.45) is 6.57. The van der Waals surface area contributed by atoms with E-state index < -0.39 is 11.6 Å². The summed E-state index contributed by atoms with van der Waals surface area (Å²) in [5, 5.41) is 0.823. The number of hydrogen-bond acceptors (Lipinski definition) is 7. The molecule has 2 aromatic heterocycles. The summed E-state index contributed by atoms with van der Waals surface area (Å²) in [5.74, 6) is -0.554. The molecule has 11 heteroatoms. The smallest absolute Gasteiger partial charge is 0.262 e. The highest BCUT2D eigenvalue weighted by molar-refractivity contribution is 7.98. The van der Waals surface area contributed by atoms with Crippen LogP contribution in [0.1, 0.15) is 24.4 Å². The Balaban J connectivity index is 1.21. The Morgan fingerprint density at radius 3 is 2.61 bits per heavy atom. The van der Waals surface area contributed by atoms with Gasteiger partial charge in [-0.2, -0.15) is 0 Å². The number of likely N-dealkylation sites (tertiary alicyclic amines) is 2. The van der Waals surface area contributed by atoms with Crippen molar-refractivity contribution in [3.05, 3.63) is 42.0 Å². The number of hydrogen-bond donors (Lipinski definition) is 1. The average Bonchev–Trinajstić information content (AvgIpc) is 3.16. The second-order valence-electron chi connectivity index (χ2n) is 8.68. The second-order valence-corrected chi connectivity index (χ2v) is 9.46. The molecule has 0 saturated carbocycles. The summed E-state index contributed by atoms with van der Waals surface area (Å²) in [4.78, 5) is 28.9. The van der Waals surface area contributed by atoms with Crippen molar-refractivity contribution in [1.82, 2.24) is 29.3 Å². The molecule has 174 valence electrons. The fourth-order valence-electron chi connectivity index (χ4n) is 4.77. The molecule has 2 fully saturated rings. The van der Waals surface area contributed by atoms with Gasteiger partial charge < -0.3 is 15.2 Å². The van der Waals surface area contributed by atoms with Gasteiger partial charge in [-0.3, -0.25) is 9.69 Å². The Morgan fingerprint density at radius 2 is 1.94 bits per heavy atom. The highest BCUT2D eigenvalue weighted by Crippen LogP contribution is 2.35. The standard InChI is InChI=1S/C22H25F2N7OS/c1-33-21-28-17-8-15(23)2-3-18(17)31(21)16-4-6-30(7-5-16)19(32)22(24)12-29(13-22)11-14-9-26-20(25)27-10-14/h2-3,8-10,16H,4-7,11-13H2,1H3,(H2,25,26,27). The molecule has 2 aliphatic rings. The van der Waals surface area contributed by atoms with Crippen LogP contribution in [0, 0.1) is 5.82 Å². The molecule has 5 rings (SSSR count). The van der Waals surface area contributed by atoms with Gasteiger partial charge in [-0.25, -0.2) is 23.7 Å². The first-order chi connectivity index (χ1) is 15.9. The van der Waals surface area contributed by atoms with Gasteiger partial charge in [0.1, 0.15) is 5.82 Å². The van der Waals surface area contributed by atoms with Crippen LogP contribution in [-0.2, 0) is 11.3 Å². The number of nitrogens with two attached hydrogens (primary N) is 1. The van der Waals surface area contributed by atoms with E-state index in [-0.39, 0.29) is 30.9 Å². The van der Waals surface area contributed by atoms with Crippen molar-refractivity contribution in [1.29, 1.82) is 0 Å². The quantitative estimate of drug-likeness (QED) is 0.570. The lowest BCUT2D eigenvalue weighted by Crippen LogP contribution is -2.66. The molecule has 3 aromatic rings. The van der Waals surface area contributed by atoms with Crippen molar-refractivity contribution in [3.63, 3.8) is 0 Å². The number of imidazole rings is 1. The van der Waals surface area contributed by atoms with Gasteiger partial charge in [-0.1, -0.05) is 11.8 Å². The fourth-order valence-corrected chi connectivity index (χ4v) is 5.41. The fraction of sp³-hybridized carbons (Fsp3) is 0.455. The first-order valence-corrected chi connectivity index (χ1v) is 12.1. The van der Waals surface area contributed by atoms with Gasteiger partial charge in [0.2, 0.25) is 11.6 Å². The normalized spacial score (nSPS) is 19.1. The number of benzene rings is 1. The van der Waals surface area contributed by atoms with Gasteiger partial charge in [-0.05, 0) is 31.2 Å². The number of anilines is 1. The van der Waals surface area contributed by atoms with Crippen LogP contribution in [-0.4, -0.2) is 73.3 Å². The number of rotatable bonds is 5. The molecule has 0 radical (unpaired) electrons. The van der Waals surface area contributed by atoms with Gasteiger partial charge in [-0.15, -0.1) is 0 Å². The van der Waals surface area contributed by atoms with Crippen molar-refractivity contribution < 1.29 is 13.6 Å². The minimum Gasteiger partial charge on any atom is -0.368 e. The SMILES string of the molecule is CSc1nc2cc(F)ccc2n1C1CCN(C(=O)C2(F)CN(Cc3cnc(N)nc3)C2)CC1. The van der Waals surface area contributed by atoms with E-state index in [2.05, 4.69) is 19.5 Å². The van der Waals surface area contributed by atoms with E-state index in [0.717, 1.165) is 16.2 Å². The molecule has 1 amide bonds.